The topological polar surface area (TPSA) is 43.8 Å². The Balaban J connectivity index is 0.00000288. The van der Waals surface area contributed by atoms with E-state index in [0.29, 0.717) is 6.04 Å². The van der Waals surface area contributed by atoms with Crippen molar-refractivity contribution in [1.82, 2.24) is 9.80 Å². The van der Waals surface area contributed by atoms with Gasteiger partial charge in [0.25, 0.3) is 0 Å². The molecule has 2 rings (SSSR count). The van der Waals surface area contributed by atoms with Gasteiger partial charge < -0.3 is 10.0 Å². The van der Waals surface area contributed by atoms with Crippen molar-refractivity contribution in [3.05, 3.63) is 0 Å². The van der Waals surface area contributed by atoms with Gasteiger partial charge in [-0.15, -0.1) is 12.4 Å². The predicted octanol–water partition coefficient (Wildman–Crippen LogP) is 3.74. The van der Waals surface area contributed by atoms with Gasteiger partial charge in [-0.05, 0) is 82.5 Å². The monoisotopic (exact) mass is 360 g/mol. The van der Waals surface area contributed by atoms with Crippen LogP contribution in [0.15, 0.2) is 0 Å². The molecule has 4 nitrogen and oxygen atoms in total. The highest BCUT2D eigenvalue weighted by Gasteiger charge is 2.27. The molecule has 0 bridgehead atoms. The van der Waals surface area contributed by atoms with E-state index < -0.39 is 5.97 Å². The second-order valence-electron chi connectivity index (χ2n) is 8.10. The molecule has 0 aromatic carbocycles. The summed E-state index contributed by atoms with van der Waals surface area (Å²) in [4.78, 5) is 15.7. The first kappa shape index (κ1) is 21.7. The van der Waals surface area contributed by atoms with Crippen LogP contribution in [-0.4, -0.2) is 59.6 Å². The molecule has 0 aromatic rings. The summed E-state index contributed by atoms with van der Waals surface area (Å²) in [7, 11) is 0. The van der Waals surface area contributed by atoms with Gasteiger partial charge in [0, 0.05) is 6.04 Å². The lowest BCUT2D eigenvalue weighted by molar-refractivity contribution is -0.139. The van der Waals surface area contributed by atoms with Crippen molar-refractivity contribution in [2.75, 3.05) is 32.7 Å². The molecule has 24 heavy (non-hydrogen) atoms. The average Bonchev–Trinajstić information content (AvgIpc) is 2.50. The number of aliphatic carboxylic acids is 1. The highest BCUT2D eigenvalue weighted by molar-refractivity contribution is 5.85. The van der Waals surface area contributed by atoms with Crippen LogP contribution in [0.1, 0.15) is 59.3 Å². The zero-order chi connectivity index (χ0) is 16.8. The Morgan fingerprint density at radius 1 is 1.12 bits per heavy atom. The number of rotatable bonds is 7. The molecular weight excluding hydrogens is 324 g/mol. The maximum Gasteiger partial charge on any atom is 0.317 e. The fourth-order valence-electron chi connectivity index (χ4n) is 4.90. The zero-order valence-corrected chi connectivity index (χ0v) is 16.6. The standard InChI is InChI=1S/C19H36N2O2.ClH/c1-4-21(14-19(22)23)18-6-9-20(10-7-18)8-5-17-12-15(2)11-16(3)13-17;/h15-18H,4-14H2,1-3H3,(H,22,23);1H. The van der Waals surface area contributed by atoms with Crippen molar-refractivity contribution in [3.8, 4) is 0 Å². The van der Waals surface area contributed by atoms with Gasteiger partial charge in [0.2, 0.25) is 0 Å². The lowest BCUT2D eigenvalue weighted by Gasteiger charge is -2.38. The minimum Gasteiger partial charge on any atom is -0.480 e. The quantitative estimate of drug-likeness (QED) is 0.751. The van der Waals surface area contributed by atoms with E-state index in [-0.39, 0.29) is 19.0 Å². The predicted molar refractivity (Wildman–Crippen MR) is 102 cm³/mol. The number of hydrogen-bond donors (Lipinski definition) is 1. The number of hydrogen-bond acceptors (Lipinski definition) is 3. The Morgan fingerprint density at radius 2 is 1.71 bits per heavy atom. The average molecular weight is 361 g/mol. The molecule has 0 aromatic heterocycles. The summed E-state index contributed by atoms with van der Waals surface area (Å²) in [5.41, 5.74) is 0. The third kappa shape index (κ3) is 6.89. The Hall–Kier alpha value is -0.320. The maximum absolute atomic E-state index is 11.0. The molecule has 1 saturated heterocycles. The molecule has 142 valence electrons. The third-order valence-electron chi connectivity index (χ3n) is 5.95. The number of nitrogens with zero attached hydrogens (tertiary/aromatic N) is 2. The van der Waals surface area contributed by atoms with Crippen LogP contribution in [0.5, 0.6) is 0 Å². The SMILES string of the molecule is CCN(CC(=O)O)C1CCN(CCC2CC(C)CC(C)C2)CC1.Cl. The summed E-state index contributed by atoms with van der Waals surface area (Å²) < 4.78 is 0. The van der Waals surface area contributed by atoms with Crippen LogP contribution in [0.4, 0.5) is 0 Å². The van der Waals surface area contributed by atoms with Crippen LogP contribution >= 0.6 is 12.4 Å². The van der Waals surface area contributed by atoms with Crippen LogP contribution in [0.2, 0.25) is 0 Å². The van der Waals surface area contributed by atoms with E-state index in [4.69, 9.17) is 5.11 Å². The van der Waals surface area contributed by atoms with E-state index in [2.05, 4.69) is 30.6 Å². The molecule has 1 aliphatic carbocycles. The van der Waals surface area contributed by atoms with Gasteiger partial charge in [-0.25, -0.2) is 0 Å². The Labute approximate surface area is 154 Å². The lowest BCUT2D eigenvalue weighted by Crippen LogP contribution is -2.46. The van der Waals surface area contributed by atoms with Gasteiger partial charge in [-0.1, -0.05) is 20.8 Å². The molecule has 1 saturated carbocycles. The van der Waals surface area contributed by atoms with Gasteiger partial charge in [0.05, 0.1) is 6.54 Å². The van der Waals surface area contributed by atoms with Crippen molar-refractivity contribution in [3.63, 3.8) is 0 Å². The van der Waals surface area contributed by atoms with Gasteiger partial charge >= 0.3 is 5.97 Å². The number of likely N-dealkylation sites (N-methyl/N-ethyl adjacent to an activating group) is 1. The Kier molecular flexibility index (Phi) is 9.61. The van der Waals surface area contributed by atoms with E-state index >= 15 is 0 Å². The molecule has 2 atom stereocenters. The minimum atomic E-state index is -0.699. The molecule has 2 unspecified atom stereocenters. The maximum atomic E-state index is 11.0. The van der Waals surface area contributed by atoms with Gasteiger partial charge in [0.1, 0.15) is 0 Å². The van der Waals surface area contributed by atoms with E-state index in [1.54, 1.807) is 0 Å². The smallest absolute Gasteiger partial charge is 0.317 e. The summed E-state index contributed by atoms with van der Waals surface area (Å²) in [6.07, 6.45) is 7.85. The molecule has 2 fully saturated rings. The van der Waals surface area contributed by atoms with Crippen LogP contribution in [0.3, 0.4) is 0 Å². The Bertz CT molecular complexity index is 362. The van der Waals surface area contributed by atoms with Crippen LogP contribution in [-0.2, 0) is 4.79 Å². The first-order valence-corrected chi connectivity index (χ1v) is 9.66. The molecule has 1 heterocycles. The zero-order valence-electron chi connectivity index (χ0n) is 15.7. The van der Waals surface area contributed by atoms with Crippen molar-refractivity contribution in [2.24, 2.45) is 17.8 Å². The van der Waals surface area contributed by atoms with Gasteiger partial charge in [0.15, 0.2) is 0 Å². The van der Waals surface area contributed by atoms with E-state index in [1.165, 1.54) is 32.2 Å². The summed E-state index contributed by atoms with van der Waals surface area (Å²) in [5.74, 6) is 2.03. The summed E-state index contributed by atoms with van der Waals surface area (Å²) >= 11 is 0. The van der Waals surface area contributed by atoms with E-state index in [0.717, 1.165) is 50.2 Å². The lowest BCUT2D eigenvalue weighted by atomic mass is 9.75. The summed E-state index contributed by atoms with van der Waals surface area (Å²) in [6.45, 7) is 11.4. The number of piperidine rings is 1. The van der Waals surface area contributed by atoms with E-state index in [1.807, 2.05) is 0 Å². The molecule has 1 aliphatic heterocycles. The number of carbonyl (C=O) groups is 1. The second kappa shape index (κ2) is 10.6. The fourth-order valence-corrected chi connectivity index (χ4v) is 4.90. The first-order chi connectivity index (χ1) is 11.0. The van der Waals surface area contributed by atoms with E-state index in [9.17, 15) is 4.79 Å². The Morgan fingerprint density at radius 3 is 2.21 bits per heavy atom. The molecule has 0 radical (unpaired) electrons. The van der Waals surface area contributed by atoms with Crippen LogP contribution in [0, 0.1) is 17.8 Å². The highest BCUT2D eigenvalue weighted by atomic mass is 35.5. The number of carboxylic acid groups (broad SMARTS) is 1. The normalized spacial score (nSPS) is 29.4. The van der Waals surface area contributed by atoms with Crippen molar-refractivity contribution < 1.29 is 9.90 Å². The number of halogens is 1. The van der Waals surface area contributed by atoms with Gasteiger partial charge in [-0.2, -0.15) is 0 Å². The number of likely N-dealkylation sites (tertiary alicyclic amines) is 1. The van der Waals surface area contributed by atoms with Crippen molar-refractivity contribution in [1.29, 1.82) is 0 Å². The van der Waals surface area contributed by atoms with Crippen molar-refractivity contribution >= 4 is 18.4 Å². The largest absolute Gasteiger partial charge is 0.480 e. The second-order valence-corrected chi connectivity index (χ2v) is 8.10. The molecule has 0 amide bonds. The molecule has 5 heteroatoms. The van der Waals surface area contributed by atoms with Crippen molar-refractivity contribution in [2.45, 2.75) is 65.3 Å². The molecule has 2 aliphatic rings. The highest BCUT2D eigenvalue weighted by Crippen LogP contribution is 2.34. The molecule has 1 N–H and O–H groups in total. The first-order valence-electron chi connectivity index (χ1n) is 9.66. The summed E-state index contributed by atoms with van der Waals surface area (Å²) in [6, 6.07) is 0.460. The minimum absolute atomic E-state index is 0. The fraction of sp³-hybridized carbons (Fsp3) is 0.947. The van der Waals surface area contributed by atoms with Gasteiger partial charge in [-0.3, -0.25) is 9.69 Å². The molecular formula is C19H37ClN2O2. The van der Waals surface area contributed by atoms with Crippen LogP contribution in [0.25, 0.3) is 0 Å². The third-order valence-corrected chi connectivity index (χ3v) is 5.95. The van der Waals surface area contributed by atoms with Crippen LogP contribution < -0.4 is 0 Å². The summed E-state index contributed by atoms with van der Waals surface area (Å²) in [5, 5.41) is 9.02. The molecule has 0 spiro atoms. The number of carboxylic acids is 1.